The van der Waals surface area contributed by atoms with E-state index >= 15 is 0 Å². The highest BCUT2D eigenvalue weighted by molar-refractivity contribution is 5.41. The lowest BCUT2D eigenvalue weighted by molar-refractivity contribution is 0.289. The van der Waals surface area contributed by atoms with Crippen LogP contribution in [0.15, 0.2) is 18.2 Å². The number of hydrogen-bond acceptors (Lipinski definition) is 4. The Hall–Kier alpha value is -1.57. The van der Waals surface area contributed by atoms with Crippen LogP contribution >= 0.6 is 0 Å². The van der Waals surface area contributed by atoms with Gasteiger partial charge in [-0.2, -0.15) is 5.26 Å². The zero-order chi connectivity index (χ0) is 11.4. The molecule has 0 amide bonds. The molecule has 1 unspecified atom stereocenters. The molecule has 0 saturated heterocycles. The standard InChI is InChI=1S/C12H14N2O2/c13-8-11(14-4-5-15)9-1-2-12-10(7-9)3-6-16-12/h1-2,7,11,14-15H,3-6H2. The molecule has 0 bridgehead atoms. The molecule has 84 valence electrons. The first-order valence-corrected chi connectivity index (χ1v) is 5.34. The molecule has 0 spiro atoms. The predicted molar refractivity (Wildman–Crippen MR) is 59.1 cm³/mol. The van der Waals surface area contributed by atoms with Crippen LogP contribution in [0.5, 0.6) is 5.75 Å². The van der Waals surface area contributed by atoms with Gasteiger partial charge in [0.15, 0.2) is 0 Å². The van der Waals surface area contributed by atoms with Crippen LogP contribution in [-0.4, -0.2) is 24.9 Å². The molecule has 2 rings (SSSR count). The summed E-state index contributed by atoms with van der Waals surface area (Å²) in [7, 11) is 0. The Morgan fingerprint density at radius 2 is 2.44 bits per heavy atom. The molecule has 1 aliphatic heterocycles. The van der Waals surface area contributed by atoms with E-state index in [-0.39, 0.29) is 12.6 Å². The van der Waals surface area contributed by atoms with Crippen LogP contribution in [0.4, 0.5) is 0 Å². The first-order valence-electron chi connectivity index (χ1n) is 5.34. The number of ether oxygens (including phenoxy) is 1. The Kier molecular flexibility index (Phi) is 3.40. The topological polar surface area (TPSA) is 65.3 Å². The van der Waals surface area contributed by atoms with Crippen LogP contribution < -0.4 is 10.1 Å². The van der Waals surface area contributed by atoms with E-state index in [0.717, 1.165) is 29.9 Å². The maximum Gasteiger partial charge on any atom is 0.122 e. The quantitative estimate of drug-likeness (QED) is 0.783. The highest BCUT2D eigenvalue weighted by Crippen LogP contribution is 2.27. The van der Waals surface area contributed by atoms with Crippen LogP contribution in [0.25, 0.3) is 0 Å². The number of rotatable bonds is 4. The predicted octanol–water partition coefficient (Wildman–Crippen LogP) is 0.768. The average molecular weight is 218 g/mol. The van der Waals surface area contributed by atoms with Crippen LogP contribution in [0.1, 0.15) is 17.2 Å². The Balaban J connectivity index is 2.16. The molecule has 2 N–H and O–H groups in total. The normalized spacial score (nSPS) is 15.0. The third kappa shape index (κ3) is 2.16. The molecule has 0 saturated carbocycles. The van der Waals surface area contributed by atoms with Crippen LogP contribution in [0, 0.1) is 11.3 Å². The number of nitriles is 1. The molecule has 4 heteroatoms. The fourth-order valence-electron chi connectivity index (χ4n) is 1.83. The molecule has 1 aromatic carbocycles. The molecular formula is C12H14N2O2. The van der Waals surface area contributed by atoms with E-state index in [2.05, 4.69) is 11.4 Å². The largest absolute Gasteiger partial charge is 0.493 e. The second-order valence-corrected chi connectivity index (χ2v) is 3.71. The van der Waals surface area contributed by atoms with E-state index in [1.165, 1.54) is 0 Å². The summed E-state index contributed by atoms with van der Waals surface area (Å²) in [6.45, 7) is 1.18. The van der Waals surface area contributed by atoms with Gasteiger partial charge < -0.3 is 9.84 Å². The maximum absolute atomic E-state index is 9.03. The lowest BCUT2D eigenvalue weighted by Crippen LogP contribution is -2.23. The molecule has 1 heterocycles. The summed E-state index contributed by atoms with van der Waals surface area (Å²) >= 11 is 0. The van der Waals surface area contributed by atoms with Crippen molar-refractivity contribution in [2.24, 2.45) is 0 Å². The molecule has 0 radical (unpaired) electrons. The van der Waals surface area contributed by atoms with Crippen molar-refractivity contribution in [2.45, 2.75) is 12.5 Å². The molecular weight excluding hydrogens is 204 g/mol. The van der Waals surface area contributed by atoms with Crippen LogP contribution in [0.3, 0.4) is 0 Å². The highest BCUT2D eigenvalue weighted by Gasteiger charge is 2.16. The Bertz CT molecular complexity index is 412. The van der Waals surface area contributed by atoms with Crippen molar-refractivity contribution in [2.75, 3.05) is 19.8 Å². The van der Waals surface area contributed by atoms with Gasteiger partial charge in [-0.3, -0.25) is 5.32 Å². The lowest BCUT2D eigenvalue weighted by Gasteiger charge is -2.11. The molecule has 4 nitrogen and oxygen atoms in total. The summed E-state index contributed by atoms with van der Waals surface area (Å²) in [6.07, 6.45) is 0.904. The van der Waals surface area contributed by atoms with Gasteiger partial charge in [0.05, 0.1) is 19.3 Å². The zero-order valence-corrected chi connectivity index (χ0v) is 8.94. The van der Waals surface area contributed by atoms with Crippen molar-refractivity contribution < 1.29 is 9.84 Å². The van der Waals surface area contributed by atoms with Gasteiger partial charge in [0.25, 0.3) is 0 Å². The van der Waals surface area contributed by atoms with E-state index < -0.39 is 0 Å². The number of benzene rings is 1. The second-order valence-electron chi connectivity index (χ2n) is 3.71. The Morgan fingerprint density at radius 3 is 3.19 bits per heavy atom. The number of aliphatic hydroxyl groups is 1. The highest BCUT2D eigenvalue weighted by atomic mass is 16.5. The van der Waals surface area contributed by atoms with Crippen LogP contribution in [-0.2, 0) is 6.42 Å². The number of aliphatic hydroxyl groups excluding tert-OH is 1. The molecule has 0 aromatic heterocycles. The first kappa shape index (κ1) is 10.9. The van der Waals surface area contributed by atoms with Crippen molar-refractivity contribution in [3.05, 3.63) is 29.3 Å². The van der Waals surface area contributed by atoms with Gasteiger partial charge in [0, 0.05) is 13.0 Å². The molecule has 0 fully saturated rings. The third-order valence-corrected chi connectivity index (χ3v) is 2.64. The van der Waals surface area contributed by atoms with Gasteiger partial charge in [-0.05, 0) is 23.3 Å². The van der Waals surface area contributed by atoms with Gasteiger partial charge in [-0.15, -0.1) is 0 Å². The van der Waals surface area contributed by atoms with Crippen molar-refractivity contribution >= 4 is 0 Å². The van der Waals surface area contributed by atoms with Crippen LogP contribution in [0.2, 0.25) is 0 Å². The number of nitrogens with zero attached hydrogens (tertiary/aromatic N) is 1. The van der Waals surface area contributed by atoms with E-state index in [9.17, 15) is 0 Å². The first-order chi connectivity index (χ1) is 7.85. The Labute approximate surface area is 94.5 Å². The monoisotopic (exact) mass is 218 g/mol. The van der Waals surface area contributed by atoms with E-state index in [4.69, 9.17) is 15.1 Å². The fourth-order valence-corrected chi connectivity index (χ4v) is 1.83. The molecule has 1 atom stereocenters. The minimum atomic E-state index is -0.363. The third-order valence-electron chi connectivity index (χ3n) is 2.64. The summed E-state index contributed by atoms with van der Waals surface area (Å²) < 4.78 is 5.40. The van der Waals surface area contributed by atoms with Crippen molar-refractivity contribution in [3.63, 3.8) is 0 Å². The SMILES string of the molecule is N#CC(NCCO)c1ccc2c(c1)CCO2. The van der Waals surface area contributed by atoms with Gasteiger partial charge in [-0.1, -0.05) is 6.07 Å². The number of hydrogen-bond donors (Lipinski definition) is 2. The lowest BCUT2D eigenvalue weighted by atomic mass is 10.0. The van der Waals surface area contributed by atoms with Crippen molar-refractivity contribution in [1.29, 1.82) is 5.26 Å². The van der Waals surface area contributed by atoms with Gasteiger partial charge in [0.2, 0.25) is 0 Å². The maximum atomic E-state index is 9.03. The smallest absolute Gasteiger partial charge is 0.122 e. The summed E-state index contributed by atoms with van der Waals surface area (Å²) in [6, 6.07) is 7.62. The summed E-state index contributed by atoms with van der Waals surface area (Å²) in [5, 5.41) is 20.7. The molecule has 1 aliphatic rings. The molecule has 16 heavy (non-hydrogen) atoms. The minimum absolute atomic E-state index is 0.0340. The molecule has 1 aromatic rings. The summed E-state index contributed by atoms with van der Waals surface area (Å²) in [5.74, 6) is 0.919. The van der Waals surface area contributed by atoms with E-state index in [0.29, 0.717) is 6.54 Å². The van der Waals surface area contributed by atoms with E-state index in [1.807, 2.05) is 18.2 Å². The number of nitrogens with one attached hydrogen (secondary N) is 1. The molecule has 0 aliphatic carbocycles. The average Bonchev–Trinajstić information content (AvgIpc) is 2.77. The fraction of sp³-hybridized carbons (Fsp3) is 0.417. The van der Waals surface area contributed by atoms with Crippen molar-refractivity contribution in [1.82, 2.24) is 5.32 Å². The van der Waals surface area contributed by atoms with Gasteiger partial charge >= 0.3 is 0 Å². The minimum Gasteiger partial charge on any atom is -0.493 e. The van der Waals surface area contributed by atoms with Gasteiger partial charge in [0.1, 0.15) is 11.8 Å². The van der Waals surface area contributed by atoms with E-state index in [1.54, 1.807) is 0 Å². The summed E-state index contributed by atoms with van der Waals surface area (Å²) in [5.41, 5.74) is 2.09. The van der Waals surface area contributed by atoms with Gasteiger partial charge in [-0.25, -0.2) is 0 Å². The Morgan fingerprint density at radius 1 is 1.56 bits per heavy atom. The number of fused-ring (bicyclic) bond motifs is 1. The summed E-state index contributed by atoms with van der Waals surface area (Å²) in [4.78, 5) is 0. The van der Waals surface area contributed by atoms with Crippen molar-refractivity contribution in [3.8, 4) is 11.8 Å². The zero-order valence-electron chi connectivity index (χ0n) is 8.94. The second kappa shape index (κ2) is 4.97.